The molecule has 0 spiro atoms. The predicted octanol–water partition coefficient (Wildman–Crippen LogP) is -20.1. The molecule has 2 radical (unpaired) electrons. The molecule has 0 aromatic rings. The average Bonchev–Trinajstić information content (AvgIpc) is 2.20. The minimum absolute atomic E-state index is 0. The van der Waals surface area contributed by atoms with E-state index in [4.69, 9.17) is 98.4 Å². The zero-order chi connectivity index (χ0) is 25.0. The topological polar surface area (TPSA) is 442 Å². The Bertz CT molecular complexity index is 323. The fourth-order valence-corrected chi connectivity index (χ4v) is 0. The van der Waals surface area contributed by atoms with Crippen LogP contribution in [0.3, 0.4) is 0 Å². The summed E-state index contributed by atoms with van der Waals surface area (Å²) in [5, 5.41) is 0. The van der Waals surface area contributed by atoms with Crippen LogP contribution in [0.1, 0.15) is 0 Å². The van der Waals surface area contributed by atoms with Gasteiger partial charge in [-0.25, -0.2) is 0 Å². The van der Waals surface area contributed by atoms with E-state index in [-0.39, 0.29) is 132 Å². The molecule has 0 aliphatic heterocycles. The van der Waals surface area contributed by atoms with Gasteiger partial charge >= 0.3 is 132 Å². The Morgan fingerprint density at radius 3 is 0.250 bits per heavy atom. The van der Waals surface area contributed by atoms with Crippen LogP contribution in [0.2, 0.25) is 0 Å². The van der Waals surface area contributed by atoms with Gasteiger partial charge in [-0.15, -0.1) is 0 Å². The van der Waals surface area contributed by atoms with Gasteiger partial charge in [-0.05, 0) is 0 Å². The number of hydrogen-bond donors (Lipinski definition) is 0. The van der Waals surface area contributed by atoms with Crippen LogP contribution in [-0.2, 0) is 83.6 Å². The maximum absolute atomic E-state index is 8.52. The maximum Gasteiger partial charge on any atom is 4.00 e. The van der Waals surface area contributed by atoms with Crippen molar-refractivity contribution in [2.75, 3.05) is 0 Å². The second-order valence-corrected chi connectivity index (χ2v) is 5.25. The third-order valence-electron chi connectivity index (χ3n) is 0. The average molecular weight is 1030 g/mol. The molecule has 0 aliphatic rings. The van der Waals surface area contributed by atoms with Crippen molar-refractivity contribution < 1.29 is 231 Å². The fraction of sp³-hybridized carbons (Fsp3) is 0. The van der Waals surface area contributed by atoms with E-state index < -0.39 is 64.2 Å². The van der Waals surface area contributed by atoms with Crippen molar-refractivity contribution in [3.63, 3.8) is 0 Å². The Morgan fingerprint density at radius 2 is 0.250 bits per heavy atom. The zero-order valence-corrected chi connectivity index (χ0v) is 30.2. The molecule has 21 nitrogen and oxygen atoms in total. The first-order chi connectivity index (χ1) is 12.1. The van der Waals surface area contributed by atoms with Crippen LogP contribution in [0, 0.1) is 79.9 Å². The summed E-state index contributed by atoms with van der Waals surface area (Å²) >= 11 is 0. The molecule has 0 saturated carbocycles. The molecular weight excluding hydrogens is 1030 g/mol. The quantitative estimate of drug-likeness (QED) is 0.203. The van der Waals surface area contributed by atoms with E-state index >= 15 is 0 Å². The normalized spacial score (nSPS) is 5.25. The maximum atomic E-state index is 8.52. The summed E-state index contributed by atoms with van der Waals surface area (Å²) in [5.41, 5.74) is 0. The van der Waals surface area contributed by atoms with Crippen molar-refractivity contribution in [1.29, 1.82) is 0 Å². The van der Waals surface area contributed by atoms with Crippen molar-refractivity contribution >= 4 is 64.2 Å². The molecule has 0 rings (SSSR count). The van der Waals surface area contributed by atoms with Crippen LogP contribution in [0.15, 0.2) is 0 Å². The van der Waals surface area contributed by atoms with Crippen molar-refractivity contribution in [3.05, 3.63) is 0 Å². The van der Waals surface area contributed by atoms with Gasteiger partial charge < -0.3 is 98.4 Å². The Labute approximate surface area is 290 Å². The first-order valence-electron chi connectivity index (χ1n) is 4.29. The van der Waals surface area contributed by atoms with Gasteiger partial charge in [-0.1, -0.05) is 0 Å². The van der Waals surface area contributed by atoms with Crippen molar-refractivity contribution in [3.8, 4) is 0 Å². The van der Waals surface area contributed by atoms with Crippen LogP contribution < -0.4 is 67.1 Å². The van der Waals surface area contributed by atoms with Gasteiger partial charge in [0, 0.05) is 64.2 Å². The summed E-state index contributed by atoms with van der Waals surface area (Å²) in [5.74, 6) is 0. The van der Waals surface area contributed by atoms with Crippen LogP contribution in [0.5, 0.6) is 0 Å². The van der Waals surface area contributed by atoms with E-state index in [1.165, 1.54) is 0 Å². The molecule has 32 heteroatoms. The van der Waals surface area contributed by atoms with E-state index in [1.54, 1.807) is 0 Å². The minimum Gasteiger partial charge on any atom is -0.672 e. The predicted molar refractivity (Wildman–Crippen MR) is 45.1 cm³/mol. The van der Waals surface area contributed by atoms with E-state index in [9.17, 15) is 0 Å². The molecule has 178 valence electrons. The van der Waals surface area contributed by atoms with Crippen LogP contribution in [-0.4, -0.2) is 64.2 Å². The number of hydrogen-bond acceptors (Lipinski definition) is 21. The third kappa shape index (κ3) is 9970. The zero-order valence-electron chi connectivity index (χ0n) is 13.8. The van der Waals surface area contributed by atoms with Gasteiger partial charge in [0.25, 0.3) is 0 Å². The summed E-state index contributed by atoms with van der Waals surface area (Å²) in [6, 6.07) is 0. The van der Waals surface area contributed by atoms with Gasteiger partial charge in [0.05, 0.1) is 0 Å². The standard InChI is InChI=1S/2Gd.7O3Si.2Zr/c;;7*1-4(2)3;;/q2*+3;7*-2;2*+4. The SMILES string of the molecule is O=[Si]([O-])[O-].O=[Si]([O-])[O-].O=[Si]([O-])[O-].O=[Si]([O-])[O-].O=[Si]([O-])[O-].O=[Si]([O-])[O-].O=[Si]([O-])[O-].[Gd+3].[Gd+3].[Zr+4].[Zr+4]. The molecular formula is Gd2O21Si7Zr2. The van der Waals surface area contributed by atoms with E-state index in [0.717, 1.165) is 0 Å². The summed E-state index contributed by atoms with van der Waals surface area (Å²) in [6.07, 6.45) is 0. The molecule has 0 N–H and O–H groups in total. The Balaban J connectivity index is -0.0000000175. The van der Waals surface area contributed by atoms with Crippen LogP contribution in [0.25, 0.3) is 0 Å². The molecule has 0 fully saturated rings. The molecule has 0 heterocycles. The van der Waals surface area contributed by atoms with Crippen molar-refractivity contribution in [1.82, 2.24) is 0 Å². The Hall–Kier alpha value is 1.73. The monoisotopic (exact) mass is 1030 g/mol. The van der Waals surface area contributed by atoms with Crippen LogP contribution in [0.4, 0.5) is 0 Å². The van der Waals surface area contributed by atoms with Crippen LogP contribution >= 0.6 is 0 Å². The molecule has 0 unspecified atom stereocenters. The van der Waals surface area contributed by atoms with Crippen molar-refractivity contribution in [2.24, 2.45) is 0 Å². The molecule has 0 aromatic heterocycles. The van der Waals surface area contributed by atoms with Gasteiger partial charge in [0.2, 0.25) is 0 Å². The van der Waals surface area contributed by atoms with Gasteiger partial charge in [0.15, 0.2) is 0 Å². The summed E-state index contributed by atoms with van der Waals surface area (Å²) in [7, 11) is -25.4. The molecule has 0 aliphatic carbocycles. The Kier molecular flexibility index (Phi) is 139. The molecule has 0 saturated heterocycles. The Morgan fingerprint density at radius 1 is 0.250 bits per heavy atom. The van der Waals surface area contributed by atoms with Gasteiger partial charge in [-0.3, -0.25) is 0 Å². The number of rotatable bonds is 0. The van der Waals surface area contributed by atoms with E-state index in [0.29, 0.717) is 0 Å². The fourth-order valence-electron chi connectivity index (χ4n) is 0. The smallest absolute Gasteiger partial charge is 0.672 e. The minimum atomic E-state index is -3.63. The second-order valence-electron chi connectivity index (χ2n) is 1.75. The molecule has 0 amide bonds. The largest absolute Gasteiger partial charge is 4.00 e. The summed E-state index contributed by atoms with van der Waals surface area (Å²) in [4.78, 5) is 119. The molecule has 0 atom stereocenters. The second kappa shape index (κ2) is 63.8. The first-order valence-corrected chi connectivity index (χ1v) is 12.9. The van der Waals surface area contributed by atoms with E-state index in [1.807, 2.05) is 0 Å². The molecule has 0 bridgehead atoms. The molecule has 0 aromatic carbocycles. The third-order valence-corrected chi connectivity index (χ3v) is 0. The first kappa shape index (κ1) is 69.9. The van der Waals surface area contributed by atoms with E-state index in [2.05, 4.69) is 0 Å². The molecule has 32 heavy (non-hydrogen) atoms. The van der Waals surface area contributed by atoms with Crippen molar-refractivity contribution in [2.45, 2.75) is 0 Å². The summed E-state index contributed by atoms with van der Waals surface area (Å²) < 4.78 is 59.6. The van der Waals surface area contributed by atoms with Gasteiger partial charge in [-0.2, -0.15) is 0 Å². The summed E-state index contributed by atoms with van der Waals surface area (Å²) in [6.45, 7) is 0. The van der Waals surface area contributed by atoms with Gasteiger partial charge in [0.1, 0.15) is 0 Å².